The van der Waals surface area contributed by atoms with Crippen molar-refractivity contribution in [2.45, 2.75) is 26.3 Å². The molecule has 0 spiro atoms. The quantitative estimate of drug-likeness (QED) is 0.523. The van der Waals surface area contributed by atoms with E-state index in [1.54, 1.807) is 0 Å². The Morgan fingerprint density at radius 3 is 2.33 bits per heavy atom. The first-order chi connectivity index (χ1) is 4.18. The zero-order valence-corrected chi connectivity index (χ0v) is 6.89. The van der Waals surface area contributed by atoms with Crippen LogP contribution in [0.4, 0.5) is 0 Å². The number of likely N-dealkylation sites (N-methyl/N-ethyl adjacent to an activating group) is 1. The van der Waals surface area contributed by atoms with Gasteiger partial charge in [0.1, 0.15) is 0 Å². The van der Waals surface area contributed by atoms with Crippen molar-refractivity contribution in [3.63, 3.8) is 0 Å². The van der Waals surface area contributed by atoms with E-state index in [4.69, 9.17) is 0 Å². The number of nitrogens with zero attached hydrogens (tertiary/aromatic N) is 1. The molecule has 0 bridgehead atoms. The van der Waals surface area contributed by atoms with E-state index >= 15 is 0 Å². The van der Waals surface area contributed by atoms with Crippen LogP contribution in [-0.2, 0) is 0 Å². The Hall–Kier alpha value is -0.300. The van der Waals surface area contributed by atoms with Crippen molar-refractivity contribution < 1.29 is 0 Å². The van der Waals surface area contributed by atoms with Crippen LogP contribution < -0.4 is 0 Å². The minimum atomic E-state index is 0.574. The molecule has 0 saturated carbocycles. The zero-order chi connectivity index (χ0) is 7.28. The molecule has 1 nitrogen and oxygen atoms in total. The highest BCUT2D eigenvalue weighted by Crippen LogP contribution is 1.93. The molecule has 0 amide bonds. The van der Waals surface area contributed by atoms with Crippen molar-refractivity contribution in [1.82, 2.24) is 4.90 Å². The van der Waals surface area contributed by atoms with Crippen molar-refractivity contribution in [2.24, 2.45) is 0 Å². The normalized spacial score (nSPS) is 15.2. The summed E-state index contributed by atoms with van der Waals surface area (Å²) in [4.78, 5) is 2.19. The van der Waals surface area contributed by atoms with Gasteiger partial charge >= 0.3 is 0 Å². The number of rotatable bonds is 3. The SMILES string of the molecule is CC/C=C\C(C)N(C)C. The average Bonchev–Trinajstić information content (AvgIpc) is 1.82. The molecule has 1 atom stereocenters. The summed E-state index contributed by atoms with van der Waals surface area (Å²) in [6.45, 7) is 4.34. The van der Waals surface area contributed by atoms with Gasteiger partial charge in [0.15, 0.2) is 0 Å². The van der Waals surface area contributed by atoms with Crippen molar-refractivity contribution >= 4 is 0 Å². The van der Waals surface area contributed by atoms with E-state index in [1.165, 1.54) is 0 Å². The van der Waals surface area contributed by atoms with Gasteiger partial charge in [0.2, 0.25) is 0 Å². The van der Waals surface area contributed by atoms with Gasteiger partial charge in [-0.3, -0.25) is 0 Å². The first-order valence-electron chi connectivity index (χ1n) is 3.51. The standard InChI is InChI=1S/C8H17N/c1-5-6-7-8(2)9(3)4/h6-8H,5H2,1-4H3/b7-6-. The maximum atomic E-state index is 2.22. The third-order valence-corrected chi connectivity index (χ3v) is 1.46. The van der Waals surface area contributed by atoms with Crippen molar-refractivity contribution in [3.8, 4) is 0 Å². The number of hydrogen-bond donors (Lipinski definition) is 0. The Morgan fingerprint density at radius 2 is 2.00 bits per heavy atom. The maximum Gasteiger partial charge on any atom is 0.0243 e. The van der Waals surface area contributed by atoms with Crippen LogP contribution in [-0.4, -0.2) is 25.0 Å². The van der Waals surface area contributed by atoms with Gasteiger partial charge in [-0.05, 0) is 27.4 Å². The van der Waals surface area contributed by atoms with E-state index in [9.17, 15) is 0 Å². The molecule has 0 aromatic rings. The summed E-state index contributed by atoms with van der Waals surface area (Å²) in [6, 6.07) is 0.574. The summed E-state index contributed by atoms with van der Waals surface area (Å²) in [5.41, 5.74) is 0. The monoisotopic (exact) mass is 127 g/mol. The molecule has 0 radical (unpaired) electrons. The van der Waals surface area contributed by atoms with Crippen LogP contribution in [0.2, 0.25) is 0 Å². The predicted molar refractivity (Wildman–Crippen MR) is 42.6 cm³/mol. The molecule has 0 aromatic carbocycles. The minimum Gasteiger partial charge on any atom is -0.303 e. The van der Waals surface area contributed by atoms with Crippen LogP contribution in [0.5, 0.6) is 0 Å². The van der Waals surface area contributed by atoms with Gasteiger partial charge in [-0.25, -0.2) is 0 Å². The molecule has 0 aliphatic carbocycles. The second-order valence-corrected chi connectivity index (χ2v) is 2.54. The van der Waals surface area contributed by atoms with Gasteiger partial charge in [0.25, 0.3) is 0 Å². The first kappa shape index (κ1) is 8.70. The fraction of sp³-hybridized carbons (Fsp3) is 0.750. The van der Waals surface area contributed by atoms with Gasteiger partial charge in [-0.1, -0.05) is 19.1 Å². The largest absolute Gasteiger partial charge is 0.303 e. The lowest BCUT2D eigenvalue weighted by molar-refractivity contribution is 0.363. The topological polar surface area (TPSA) is 3.24 Å². The van der Waals surface area contributed by atoms with Gasteiger partial charge in [-0.15, -0.1) is 0 Å². The van der Waals surface area contributed by atoms with Crippen LogP contribution in [0, 0.1) is 0 Å². The Morgan fingerprint density at radius 1 is 1.44 bits per heavy atom. The fourth-order valence-corrected chi connectivity index (χ4v) is 0.505. The number of hydrogen-bond acceptors (Lipinski definition) is 1. The molecule has 1 unspecified atom stereocenters. The van der Waals surface area contributed by atoms with E-state index in [-0.39, 0.29) is 0 Å². The van der Waals surface area contributed by atoms with E-state index in [0.29, 0.717) is 6.04 Å². The third-order valence-electron chi connectivity index (χ3n) is 1.46. The van der Waals surface area contributed by atoms with Crippen molar-refractivity contribution in [2.75, 3.05) is 14.1 Å². The average molecular weight is 127 g/mol. The van der Waals surface area contributed by atoms with Gasteiger partial charge in [0.05, 0.1) is 0 Å². The van der Waals surface area contributed by atoms with E-state index in [0.717, 1.165) is 6.42 Å². The van der Waals surface area contributed by atoms with Crippen LogP contribution >= 0.6 is 0 Å². The summed E-state index contributed by atoms with van der Waals surface area (Å²) in [6.07, 6.45) is 5.56. The number of allylic oxidation sites excluding steroid dienone is 1. The molecular weight excluding hydrogens is 110 g/mol. The molecule has 0 aliphatic rings. The molecule has 1 heteroatoms. The summed E-state index contributed by atoms with van der Waals surface area (Å²) in [5.74, 6) is 0. The molecule has 0 N–H and O–H groups in total. The first-order valence-corrected chi connectivity index (χ1v) is 3.51. The third kappa shape index (κ3) is 4.22. The lowest BCUT2D eigenvalue weighted by Crippen LogP contribution is -2.21. The van der Waals surface area contributed by atoms with Crippen LogP contribution in [0.25, 0.3) is 0 Å². The Bertz CT molecular complexity index is 84.6. The lowest BCUT2D eigenvalue weighted by atomic mass is 10.2. The van der Waals surface area contributed by atoms with E-state index in [1.807, 2.05) is 0 Å². The van der Waals surface area contributed by atoms with E-state index in [2.05, 4.69) is 45.0 Å². The highest BCUT2D eigenvalue weighted by atomic mass is 15.1. The Kier molecular flexibility index (Phi) is 4.41. The summed E-state index contributed by atoms with van der Waals surface area (Å²) < 4.78 is 0. The van der Waals surface area contributed by atoms with Crippen LogP contribution in [0.1, 0.15) is 20.3 Å². The van der Waals surface area contributed by atoms with Gasteiger partial charge < -0.3 is 4.90 Å². The Balaban J connectivity index is 3.48. The molecule has 0 fully saturated rings. The summed E-state index contributed by atoms with van der Waals surface area (Å²) >= 11 is 0. The maximum absolute atomic E-state index is 2.22. The lowest BCUT2D eigenvalue weighted by Gasteiger charge is -2.14. The highest BCUT2D eigenvalue weighted by Gasteiger charge is 1.95. The molecular formula is C8H17N. The van der Waals surface area contributed by atoms with Crippen molar-refractivity contribution in [1.29, 1.82) is 0 Å². The second-order valence-electron chi connectivity index (χ2n) is 2.54. The molecule has 9 heavy (non-hydrogen) atoms. The summed E-state index contributed by atoms with van der Waals surface area (Å²) in [7, 11) is 4.18. The molecule has 0 aliphatic heterocycles. The predicted octanol–water partition coefficient (Wildman–Crippen LogP) is 1.90. The Labute approximate surface area is 58.4 Å². The molecule has 0 rings (SSSR count). The van der Waals surface area contributed by atoms with Crippen LogP contribution in [0.3, 0.4) is 0 Å². The molecule has 54 valence electrons. The van der Waals surface area contributed by atoms with Gasteiger partial charge in [-0.2, -0.15) is 0 Å². The van der Waals surface area contributed by atoms with E-state index < -0.39 is 0 Å². The fourth-order valence-electron chi connectivity index (χ4n) is 0.505. The smallest absolute Gasteiger partial charge is 0.0243 e. The van der Waals surface area contributed by atoms with Gasteiger partial charge in [0, 0.05) is 6.04 Å². The highest BCUT2D eigenvalue weighted by molar-refractivity contribution is 4.89. The second kappa shape index (κ2) is 4.57. The zero-order valence-electron chi connectivity index (χ0n) is 6.89. The minimum absolute atomic E-state index is 0.574. The van der Waals surface area contributed by atoms with Crippen LogP contribution in [0.15, 0.2) is 12.2 Å². The molecule has 0 saturated heterocycles. The summed E-state index contributed by atoms with van der Waals surface area (Å²) in [5, 5.41) is 0. The van der Waals surface area contributed by atoms with Crippen molar-refractivity contribution in [3.05, 3.63) is 12.2 Å². The molecule has 0 heterocycles. The molecule has 0 aromatic heterocycles.